The van der Waals surface area contributed by atoms with Gasteiger partial charge in [0, 0.05) is 44.4 Å². The van der Waals surface area contributed by atoms with Crippen molar-refractivity contribution in [3.05, 3.63) is 80.2 Å². The van der Waals surface area contributed by atoms with Gasteiger partial charge in [-0.05, 0) is 93.7 Å². The maximum atomic E-state index is 12.8. The molecule has 0 bridgehead atoms. The van der Waals surface area contributed by atoms with Crippen molar-refractivity contribution >= 4 is 73.6 Å². The van der Waals surface area contributed by atoms with Crippen LogP contribution in [0.15, 0.2) is 73.1 Å². The maximum absolute atomic E-state index is 12.8. The molecule has 1 fully saturated rings. The molecule has 1 saturated heterocycles. The average Bonchev–Trinajstić information content (AvgIpc) is 2.86. The molecule has 34 heavy (non-hydrogen) atoms. The minimum Gasteiger partial charge on any atom is -0.457 e. The number of piperazine rings is 1. The Bertz CT molecular complexity index is 1310. The fraction of sp³-hybridized carbons (Fsp3) is 0.160. The molecule has 0 aliphatic carbocycles. The van der Waals surface area contributed by atoms with Crippen molar-refractivity contribution in [2.45, 2.75) is 0 Å². The summed E-state index contributed by atoms with van der Waals surface area (Å²) < 4.78 is 8.08. The van der Waals surface area contributed by atoms with E-state index in [0.29, 0.717) is 26.2 Å². The van der Waals surface area contributed by atoms with Crippen molar-refractivity contribution in [1.29, 1.82) is 0 Å². The Balaban J connectivity index is 1.20. The van der Waals surface area contributed by atoms with Gasteiger partial charge < -0.3 is 19.9 Å². The number of carbonyl (C=O) groups excluding carboxylic acids is 1. The van der Waals surface area contributed by atoms with E-state index in [1.54, 1.807) is 6.33 Å². The molecular weight excluding hydrogens is 656 g/mol. The normalized spacial score (nSPS) is 13.7. The van der Waals surface area contributed by atoms with Crippen LogP contribution in [0.25, 0.3) is 10.9 Å². The molecule has 1 aliphatic heterocycles. The van der Waals surface area contributed by atoms with Crippen LogP contribution >= 0.6 is 45.2 Å². The number of fused-ring (bicyclic) bond motifs is 1. The van der Waals surface area contributed by atoms with Crippen molar-refractivity contribution in [1.82, 2.24) is 14.9 Å². The molecular formula is C25H21I2N5O2. The van der Waals surface area contributed by atoms with Gasteiger partial charge in [0.2, 0.25) is 0 Å². The summed E-state index contributed by atoms with van der Waals surface area (Å²) in [6.07, 6.45) is 1.62. The number of ether oxygens (including phenoxy) is 1. The van der Waals surface area contributed by atoms with Crippen molar-refractivity contribution in [3.8, 4) is 11.5 Å². The Kier molecular flexibility index (Phi) is 6.99. The summed E-state index contributed by atoms with van der Waals surface area (Å²) in [5.41, 5.74) is 1.70. The molecule has 1 N–H and O–H groups in total. The van der Waals surface area contributed by atoms with E-state index in [9.17, 15) is 4.79 Å². The Morgan fingerprint density at radius 2 is 1.59 bits per heavy atom. The second-order valence-electron chi connectivity index (χ2n) is 7.82. The number of amides is 2. The fourth-order valence-electron chi connectivity index (χ4n) is 3.89. The van der Waals surface area contributed by atoms with Crippen LogP contribution < -0.4 is 15.0 Å². The molecule has 0 spiro atoms. The van der Waals surface area contributed by atoms with E-state index in [1.165, 1.54) is 0 Å². The zero-order valence-corrected chi connectivity index (χ0v) is 22.4. The molecule has 2 amide bonds. The Morgan fingerprint density at radius 1 is 0.882 bits per heavy atom. The van der Waals surface area contributed by atoms with Crippen LogP contribution in [-0.4, -0.2) is 47.1 Å². The number of rotatable bonds is 4. The molecule has 1 aromatic heterocycles. The number of nitrogens with zero attached hydrogens (tertiary/aromatic N) is 4. The van der Waals surface area contributed by atoms with Crippen LogP contribution in [0.2, 0.25) is 0 Å². The number of carbonyl (C=O) groups is 1. The number of hydrogen-bond donors (Lipinski definition) is 1. The average molecular weight is 677 g/mol. The fourth-order valence-corrected chi connectivity index (χ4v) is 5.87. The first-order chi connectivity index (χ1) is 16.6. The predicted molar refractivity (Wildman–Crippen MR) is 151 cm³/mol. The van der Waals surface area contributed by atoms with Gasteiger partial charge in [-0.15, -0.1) is 0 Å². The lowest BCUT2D eigenvalue weighted by molar-refractivity contribution is 0.208. The lowest BCUT2D eigenvalue weighted by Crippen LogP contribution is -2.50. The third-order valence-corrected chi connectivity index (χ3v) is 7.03. The summed E-state index contributed by atoms with van der Waals surface area (Å²) in [4.78, 5) is 25.9. The third-order valence-electron chi connectivity index (χ3n) is 5.59. The molecule has 9 heteroatoms. The van der Waals surface area contributed by atoms with Gasteiger partial charge in [-0.1, -0.05) is 18.2 Å². The van der Waals surface area contributed by atoms with E-state index in [0.717, 1.165) is 41.0 Å². The van der Waals surface area contributed by atoms with E-state index in [4.69, 9.17) is 4.74 Å². The highest BCUT2D eigenvalue weighted by Gasteiger charge is 2.23. The van der Waals surface area contributed by atoms with Gasteiger partial charge in [0.25, 0.3) is 0 Å². The molecule has 0 unspecified atom stereocenters. The molecule has 0 atom stereocenters. The molecule has 2 heterocycles. The number of halogens is 2. The molecule has 172 valence electrons. The first-order valence-corrected chi connectivity index (χ1v) is 13.0. The van der Waals surface area contributed by atoms with Crippen molar-refractivity contribution in [2.75, 3.05) is 36.4 Å². The van der Waals surface area contributed by atoms with Crippen LogP contribution in [0, 0.1) is 7.14 Å². The Hall–Kier alpha value is -2.67. The lowest BCUT2D eigenvalue weighted by atomic mass is 10.2. The number of benzene rings is 3. The zero-order chi connectivity index (χ0) is 23.5. The number of nitrogens with one attached hydrogen (secondary N) is 1. The number of urea groups is 1. The Morgan fingerprint density at radius 3 is 2.32 bits per heavy atom. The summed E-state index contributed by atoms with van der Waals surface area (Å²) in [6, 6.07) is 21.1. The number of para-hydroxylation sites is 1. The highest BCUT2D eigenvalue weighted by atomic mass is 127. The van der Waals surface area contributed by atoms with E-state index in [1.807, 2.05) is 59.5 Å². The first-order valence-electron chi connectivity index (χ1n) is 10.8. The summed E-state index contributed by atoms with van der Waals surface area (Å²) in [6.45, 7) is 2.66. The quantitative estimate of drug-likeness (QED) is 0.269. The maximum Gasteiger partial charge on any atom is 0.321 e. The van der Waals surface area contributed by atoms with Crippen molar-refractivity contribution in [2.24, 2.45) is 0 Å². The van der Waals surface area contributed by atoms with Gasteiger partial charge in [0.05, 0.1) is 5.52 Å². The van der Waals surface area contributed by atoms with Gasteiger partial charge in [0.15, 0.2) is 0 Å². The van der Waals surface area contributed by atoms with E-state index in [-0.39, 0.29) is 6.03 Å². The van der Waals surface area contributed by atoms with Gasteiger partial charge in [-0.25, -0.2) is 14.8 Å². The van der Waals surface area contributed by atoms with Crippen LogP contribution in [0.3, 0.4) is 0 Å². The second-order valence-corrected chi connectivity index (χ2v) is 10.2. The number of aromatic nitrogens is 2. The third kappa shape index (κ3) is 5.19. The number of hydrogen-bond acceptors (Lipinski definition) is 5. The SMILES string of the molecule is O=C(Nc1ccc(Oc2ccccc2)cc1)N1CCN(c2ncnc3c(I)cc(I)cc23)CC1. The summed E-state index contributed by atoms with van der Waals surface area (Å²) in [5.74, 6) is 2.42. The lowest BCUT2D eigenvalue weighted by Gasteiger charge is -2.35. The summed E-state index contributed by atoms with van der Waals surface area (Å²) in [5, 5.41) is 4.04. The molecule has 0 radical (unpaired) electrons. The minimum absolute atomic E-state index is 0.104. The summed E-state index contributed by atoms with van der Waals surface area (Å²) in [7, 11) is 0. The van der Waals surface area contributed by atoms with Gasteiger partial charge >= 0.3 is 6.03 Å². The van der Waals surface area contributed by atoms with Crippen LogP contribution in [0.5, 0.6) is 11.5 Å². The highest BCUT2D eigenvalue weighted by molar-refractivity contribution is 14.1. The monoisotopic (exact) mass is 677 g/mol. The smallest absolute Gasteiger partial charge is 0.321 e. The minimum atomic E-state index is -0.104. The molecule has 7 nitrogen and oxygen atoms in total. The zero-order valence-electron chi connectivity index (χ0n) is 18.1. The molecule has 0 saturated carbocycles. The second kappa shape index (κ2) is 10.3. The van der Waals surface area contributed by atoms with Crippen LogP contribution in [0.4, 0.5) is 16.3 Å². The van der Waals surface area contributed by atoms with Gasteiger partial charge in [-0.3, -0.25) is 0 Å². The van der Waals surface area contributed by atoms with Crippen LogP contribution in [0.1, 0.15) is 0 Å². The topological polar surface area (TPSA) is 70.6 Å². The number of anilines is 2. The predicted octanol–water partition coefficient (Wildman–Crippen LogP) is 5.99. The molecule has 5 rings (SSSR count). The molecule has 4 aromatic rings. The van der Waals surface area contributed by atoms with E-state index < -0.39 is 0 Å². The highest BCUT2D eigenvalue weighted by Crippen LogP contribution is 2.29. The van der Waals surface area contributed by atoms with Crippen LogP contribution in [-0.2, 0) is 0 Å². The van der Waals surface area contributed by atoms with Gasteiger partial charge in [-0.2, -0.15) is 0 Å². The largest absolute Gasteiger partial charge is 0.457 e. The van der Waals surface area contributed by atoms with Crippen molar-refractivity contribution in [3.63, 3.8) is 0 Å². The van der Waals surface area contributed by atoms with Gasteiger partial charge in [0.1, 0.15) is 23.6 Å². The van der Waals surface area contributed by atoms with Crippen molar-refractivity contribution < 1.29 is 9.53 Å². The first kappa shape index (κ1) is 23.1. The molecule has 1 aliphatic rings. The molecule has 3 aromatic carbocycles. The summed E-state index contributed by atoms with van der Waals surface area (Å²) >= 11 is 4.64. The Labute approximate surface area is 224 Å². The standard InChI is InChI=1S/C25H21I2N5O2/c26-17-14-21-23(22(27)15-17)28-16-29-24(21)31-10-12-32(13-11-31)25(33)30-18-6-8-20(9-7-18)34-19-4-2-1-3-5-19/h1-9,14-16H,10-13H2,(H,30,33). The van der Waals surface area contributed by atoms with E-state index in [2.05, 4.69) is 77.5 Å². The van der Waals surface area contributed by atoms with E-state index >= 15 is 0 Å².